The highest BCUT2D eigenvalue weighted by molar-refractivity contribution is 7.13. The topological polar surface area (TPSA) is 95.1 Å². The molecule has 2 aliphatic heterocycles. The largest absolute Gasteiger partial charge is 0.573 e. The average Bonchev–Trinajstić information content (AvgIpc) is 3.40. The summed E-state index contributed by atoms with van der Waals surface area (Å²) in [5.74, 6) is -0.587. The third kappa shape index (κ3) is 3.63. The van der Waals surface area contributed by atoms with E-state index in [-0.39, 0.29) is 34.8 Å². The van der Waals surface area contributed by atoms with Crippen molar-refractivity contribution in [2.75, 3.05) is 18.0 Å². The van der Waals surface area contributed by atoms with E-state index in [0.29, 0.717) is 23.7 Å². The fourth-order valence-electron chi connectivity index (χ4n) is 4.29. The number of hydroxylamine groups is 2. The number of rotatable bonds is 4. The van der Waals surface area contributed by atoms with Crippen molar-refractivity contribution < 1.29 is 32.6 Å². The number of anilines is 1. The fourth-order valence-corrected chi connectivity index (χ4v) is 4.94. The van der Waals surface area contributed by atoms with Crippen LogP contribution in [0.5, 0.6) is 5.75 Å². The Hall–Kier alpha value is -2.41. The second-order valence-corrected chi connectivity index (χ2v) is 8.64. The second-order valence-electron chi connectivity index (χ2n) is 7.75. The van der Waals surface area contributed by atoms with Crippen LogP contribution in [0.25, 0.3) is 21.7 Å². The number of aliphatic hydroxyl groups is 1. The van der Waals surface area contributed by atoms with Gasteiger partial charge in [-0.05, 0) is 25.8 Å². The first-order valence-electron chi connectivity index (χ1n) is 9.74. The summed E-state index contributed by atoms with van der Waals surface area (Å²) in [7, 11) is 0. The monoisotopic (exact) mass is 456 g/mol. The molecule has 0 amide bonds. The molecule has 3 atom stereocenters. The van der Waals surface area contributed by atoms with Crippen molar-refractivity contribution in [2.45, 2.75) is 44.3 Å². The molecule has 0 radical (unpaired) electrons. The number of thiazole rings is 1. The summed E-state index contributed by atoms with van der Waals surface area (Å²) in [6, 6.07) is 1.36. The first-order valence-corrected chi connectivity index (χ1v) is 10.6. The van der Waals surface area contributed by atoms with Crippen LogP contribution >= 0.6 is 11.3 Å². The molecule has 2 fully saturated rings. The van der Waals surface area contributed by atoms with Gasteiger partial charge < -0.3 is 24.4 Å². The highest BCUT2D eigenvalue weighted by Gasteiger charge is 2.41. The van der Waals surface area contributed by atoms with Crippen LogP contribution < -0.4 is 9.64 Å². The molecule has 0 aliphatic carbocycles. The molecule has 0 spiro atoms. The molecule has 8 nitrogen and oxygen atoms in total. The van der Waals surface area contributed by atoms with Gasteiger partial charge in [0.2, 0.25) is 0 Å². The molecule has 3 aromatic rings. The van der Waals surface area contributed by atoms with Gasteiger partial charge in [-0.1, -0.05) is 0 Å². The number of aromatic nitrogens is 2. The molecule has 31 heavy (non-hydrogen) atoms. The number of hydrogen-bond acceptors (Lipinski definition) is 9. The van der Waals surface area contributed by atoms with E-state index >= 15 is 0 Å². The summed E-state index contributed by atoms with van der Waals surface area (Å²) in [5, 5.41) is 23.9. The van der Waals surface area contributed by atoms with Crippen LogP contribution in [0.1, 0.15) is 31.4 Å². The van der Waals surface area contributed by atoms with Crippen LogP contribution in [0, 0.1) is 0 Å². The van der Waals surface area contributed by atoms with Gasteiger partial charge in [-0.15, -0.1) is 24.5 Å². The lowest BCUT2D eigenvalue weighted by molar-refractivity contribution is -0.274. The van der Waals surface area contributed by atoms with E-state index in [1.807, 2.05) is 4.90 Å². The number of halogens is 3. The Morgan fingerprint density at radius 3 is 2.58 bits per heavy atom. The van der Waals surface area contributed by atoms with Crippen LogP contribution in [0.2, 0.25) is 0 Å². The van der Waals surface area contributed by atoms with Crippen LogP contribution in [0.15, 0.2) is 22.1 Å². The zero-order valence-corrected chi connectivity index (χ0v) is 17.2. The number of ether oxygens (including phenoxy) is 1. The van der Waals surface area contributed by atoms with Crippen LogP contribution in [-0.2, 0) is 0 Å². The summed E-state index contributed by atoms with van der Waals surface area (Å²) >= 11 is 1.29. The number of alkyl halides is 3. The number of hydrogen-bond donors (Lipinski definition) is 2. The lowest BCUT2D eigenvalue weighted by Crippen LogP contribution is -2.52. The van der Waals surface area contributed by atoms with Gasteiger partial charge in [0.05, 0.1) is 23.8 Å². The van der Waals surface area contributed by atoms with Crippen molar-refractivity contribution in [2.24, 2.45) is 0 Å². The molecule has 166 valence electrons. The number of fused-ring (bicyclic) bond motifs is 3. The van der Waals surface area contributed by atoms with Crippen molar-refractivity contribution >= 4 is 28.5 Å². The number of oxazole rings is 1. The maximum atomic E-state index is 13.2. The standard InChI is InChI=1S/C19H19F3N4O4S/c1-9(27)12-6-13(17-23-4-5-31-17)15-14(16(12)30-19(20,21)22)24-18(29-15)25-7-10-2-3-11(8-25)26(10)28/h4-6,9-11,27-28H,2-3,7-8H2,1H3. The van der Waals surface area contributed by atoms with Crippen molar-refractivity contribution in [1.82, 2.24) is 15.0 Å². The number of benzene rings is 1. The number of nitrogens with zero attached hydrogens (tertiary/aromatic N) is 4. The van der Waals surface area contributed by atoms with Crippen LogP contribution in [-0.4, -0.2) is 56.9 Å². The maximum Gasteiger partial charge on any atom is 0.573 e. The van der Waals surface area contributed by atoms with Gasteiger partial charge in [-0.25, -0.2) is 4.98 Å². The Morgan fingerprint density at radius 1 is 1.29 bits per heavy atom. The van der Waals surface area contributed by atoms with E-state index in [4.69, 9.17) is 4.42 Å². The maximum absolute atomic E-state index is 13.2. The molecule has 2 aromatic heterocycles. The summed E-state index contributed by atoms with van der Waals surface area (Å²) in [6.45, 7) is 2.23. The molecule has 2 bridgehead atoms. The Balaban J connectivity index is 1.68. The summed E-state index contributed by atoms with van der Waals surface area (Å²) < 4.78 is 49.8. The predicted molar refractivity (Wildman–Crippen MR) is 105 cm³/mol. The minimum absolute atomic E-state index is 0.0601. The molecule has 2 N–H and O–H groups in total. The summed E-state index contributed by atoms with van der Waals surface area (Å²) in [5.41, 5.74) is 0.343. The van der Waals surface area contributed by atoms with E-state index in [1.165, 1.54) is 29.4 Å². The Morgan fingerprint density at radius 2 is 2.00 bits per heavy atom. The third-order valence-corrected chi connectivity index (χ3v) is 6.49. The van der Waals surface area contributed by atoms with Gasteiger partial charge in [0, 0.05) is 30.2 Å². The number of piperazine rings is 1. The molecule has 4 heterocycles. The number of aliphatic hydroxyl groups excluding tert-OH is 1. The lowest BCUT2D eigenvalue weighted by Gasteiger charge is -2.36. The molecule has 12 heteroatoms. The van der Waals surface area contributed by atoms with Gasteiger partial charge in [0.25, 0.3) is 6.01 Å². The average molecular weight is 456 g/mol. The van der Waals surface area contributed by atoms with Crippen LogP contribution in [0.4, 0.5) is 19.2 Å². The fraction of sp³-hybridized carbons (Fsp3) is 0.474. The SMILES string of the molecule is CC(O)c1cc(-c2nccs2)c2oc(N3CC4CCC(C3)N4O)nc2c1OC(F)(F)F. The van der Waals surface area contributed by atoms with E-state index in [1.54, 1.807) is 11.6 Å². The molecule has 3 unspecified atom stereocenters. The van der Waals surface area contributed by atoms with Crippen molar-refractivity contribution in [3.05, 3.63) is 23.2 Å². The van der Waals surface area contributed by atoms with Gasteiger partial charge in [-0.3, -0.25) is 0 Å². The van der Waals surface area contributed by atoms with Crippen molar-refractivity contribution in [3.63, 3.8) is 0 Å². The summed E-state index contributed by atoms with van der Waals surface area (Å²) in [4.78, 5) is 10.4. The Labute approximate surface area is 178 Å². The Bertz CT molecular complexity index is 1090. The smallest absolute Gasteiger partial charge is 0.422 e. The first-order chi connectivity index (χ1) is 14.7. The molecule has 1 aromatic carbocycles. The first kappa shape index (κ1) is 20.5. The molecular weight excluding hydrogens is 437 g/mol. The quantitative estimate of drug-likeness (QED) is 0.610. The van der Waals surface area contributed by atoms with E-state index < -0.39 is 18.2 Å². The normalized spacial score (nSPS) is 23.0. The van der Waals surface area contributed by atoms with Gasteiger partial charge in [0.1, 0.15) is 5.01 Å². The molecule has 2 aliphatic rings. The molecular formula is C19H19F3N4O4S. The Kier molecular flexibility index (Phi) is 4.84. The van der Waals surface area contributed by atoms with E-state index in [2.05, 4.69) is 14.7 Å². The van der Waals surface area contributed by atoms with Crippen molar-refractivity contribution in [1.29, 1.82) is 0 Å². The third-order valence-electron chi connectivity index (χ3n) is 5.68. The highest BCUT2D eigenvalue weighted by atomic mass is 32.1. The van der Waals surface area contributed by atoms with Crippen molar-refractivity contribution in [3.8, 4) is 16.3 Å². The highest BCUT2D eigenvalue weighted by Crippen LogP contribution is 2.44. The van der Waals surface area contributed by atoms with E-state index in [0.717, 1.165) is 12.8 Å². The lowest BCUT2D eigenvalue weighted by atomic mass is 10.0. The minimum Gasteiger partial charge on any atom is -0.422 e. The zero-order valence-electron chi connectivity index (χ0n) is 16.3. The van der Waals surface area contributed by atoms with E-state index in [9.17, 15) is 23.5 Å². The zero-order chi connectivity index (χ0) is 21.9. The van der Waals surface area contributed by atoms with Crippen LogP contribution in [0.3, 0.4) is 0 Å². The predicted octanol–water partition coefficient (Wildman–Crippen LogP) is 3.95. The van der Waals surface area contributed by atoms with Gasteiger partial charge in [-0.2, -0.15) is 10.0 Å². The van der Waals surface area contributed by atoms with Gasteiger partial charge >= 0.3 is 6.36 Å². The summed E-state index contributed by atoms with van der Waals surface area (Å²) in [6.07, 6.45) is -3.01. The molecule has 5 rings (SSSR count). The van der Waals surface area contributed by atoms with Gasteiger partial charge in [0.15, 0.2) is 16.8 Å². The molecule has 2 saturated heterocycles. The minimum atomic E-state index is -4.97. The molecule has 0 saturated carbocycles. The second kappa shape index (κ2) is 7.33.